The van der Waals surface area contributed by atoms with Crippen molar-refractivity contribution in [2.75, 3.05) is 18.5 Å². The maximum Gasteiger partial charge on any atom is 0.258 e. The standard InChI is InChI=1S/C43H59N3O4Si3/c1-51(2,32-44-40(48)35-16-7-8-17-35)29-13-26-43(38-22-24-39(47)25-23-38,27-14-30-52(3,4)33-45-41(49)36-18-9-10-19-36)28-15-31-53(5,6)34-46-42(50)37-20-11-12-21-37/h7-12,16,18,20,22-25,47H,13-15,26-34H2,1-6H3,(H,44,48)(H,45,49)(H,46,50). The SMILES string of the molecule is C[Si](C)(CCCC(CCC[Si](C)(C)CNC(=O)C1=C=CC=C1)(CCC[Si](C)(C)CNC(=O)C1=C=CC=C1)c1ccc(O)cc1)CNC(=O)C1=C=CC=C1. The Balaban J connectivity index is 1.46. The van der Waals surface area contributed by atoms with Gasteiger partial charge in [-0.2, -0.15) is 0 Å². The van der Waals surface area contributed by atoms with Crippen LogP contribution in [0.3, 0.4) is 0 Å². The van der Waals surface area contributed by atoms with Crippen LogP contribution in [0.4, 0.5) is 0 Å². The summed E-state index contributed by atoms with van der Waals surface area (Å²) in [6, 6.07) is 11.2. The fraction of sp³-hybridized carbons (Fsp3) is 0.442. The Morgan fingerprint density at radius 2 is 0.887 bits per heavy atom. The molecule has 0 heterocycles. The predicted molar refractivity (Wildman–Crippen MR) is 226 cm³/mol. The monoisotopic (exact) mass is 765 g/mol. The molecular weight excluding hydrogens is 707 g/mol. The summed E-state index contributed by atoms with van der Waals surface area (Å²) in [5.41, 5.74) is 12.0. The molecule has 0 bridgehead atoms. The summed E-state index contributed by atoms with van der Waals surface area (Å²) in [5, 5.41) is 19.8. The number of rotatable bonds is 22. The lowest BCUT2D eigenvalue weighted by Gasteiger charge is -2.38. The van der Waals surface area contributed by atoms with Gasteiger partial charge in [0, 0.05) is 18.5 Å². The molecule has 53 heavy (non-hydrogen) atoms. The number of amides is 3. The van der Waals surface area contributed by atoms with Crippen LogP contribution in [0.25, 0.3) is 0 Å². The summed E-state index contributed by atoms with van der Waals surface area (Å²) in [4.78, 5) is 38.1. The first-order chi connectivity index (χ1) is 25.1. The summed E-state index contributed by atoms with van der Waals surface area (Å²) < 4.78 is 0. The fourth-order valence-corrected chi connectivity index (χ4v) is 13.1. The molecule has 1 aromatic rings. The zero-order valence-electron chi connectivity index (χ0n) is 32.7. The molecule has 3 aliphatic rings. The lowest BCUT2D eigenvalue weighted by atomic mass is 9.70. The molecule has 0 radical (unpaired) electrons. The van der Waals surface area contributed by atoms with Gasteiger partial charge in [0.25, 0.3) is 17.7 Å². The van der Waals surface area contributed by atoms with E-state index in [1.165, 1.54) is 5.56 Å². The summed E-state index contributed by atoms with van der Waals surface area (Å²) >= 11 is 0. The number of benzene rings is 1. The number of hydrogen-bond acceptors (Lipinski definition) is 4. The van der Waals surface area contributed by atoms with E-state index in [9.17, 15) is 19.5 Å². The summed E-state index contributed by atoms with van der Waals surface area (Å²) in [5.74, 6) is 0.106. The number of allylic oxidation sites excluding steroid dienone is 3. The molecule has 0 aromatic heterocycles. The van der Waals surface area contributed by atoms with Gasteiger partial charge in [0.2, 0.25) is 0 Å². The van der Waals surface area contributed by atoms with E-state index >= 15 is 0 Å². The highest BCUT2D eigenvalue weighted by Crippen LogP contribution is 2.42. The van der Waals surface area contributed by atoms with Crippen molar-refractivity contribution in [1.29, 1.82) is 0 Å². The van der Waals surface area contributed by atoms with Crippen LogP contribution >= 0.6 is 0 Å². The van der Waals surface area contributed by atoms with Crippen LogP contribution < -0.4 is 16.0 Å². The lowest BCUT2D eigenvalue weighted by Crippen LogP contribution is -2.43. The van der Waals surface area contributed by atoms with Crippen LogP contribution in [0.2, 0.25) is 57.4 Å². The lowest BCUT2D eigenvalue weighted by molar-refractivity contribution is -0.117. The third-order valence-corrected chi connectivity index (χ3v) is 19.2. The average molecular weight is 766 g/mol. The van der Waals surface area contributed by atoms with Gasteiger partial charge in [-0.3, -0.25) is 14.4 Å². The number of phenolic OH excluding ortho intramolecular Hbond substituents is 1. The maximum absolute atomic E-state index is 12.7. The first kappa shape index (κ1) is 41.6. The Morgan fingerprint density at radius 3 is 1.17 bits per heavy atom. The Hall–Kier alpha value is -4.14. The first-order valence-electron chi connectivity index (χ1n) is 19.1. The molecule has 282 valence electrons. The van der Waals surface area contributed by atoms with Crippen LogP contribution in [0, 0.1) is 0 Å². The van der Waals surface area contributed by atoms with Gasteiger partial charge in [0.15, 0.2) is 0 Å². The first-order valence-corrected chi connectivity index (χ1v) is 29.4. The van der Waals surface area contributed by atoms with Crippen LogP contribution in [-0.4, -0.2) is 65.6 Å². The van der Waals surface area contributed by atoms with E-state index in [4.69, 9.17) is 0 Å². The van der Waals surface area contributed by atoms with Crippen LogP contribution in [0.15, 0.2) is 113 Å². The van der Waals surface area contributed by atoms with Crippen molar-refractivity contribution in [2.45, 2.75) is 101 Å². The molecule has 4 N–H and O–H groups in total. The molecule has 1 aromatic carbocycles. The minimum atomic E-state index is -1.76. The van der Waals surface area contributed by atoms with Crippen molar-refractivity contribution in [3.63, 3.8) is 0 Å². The van der Waals surface area contributed by atoms with Gasteiger partial charge in [0.05, 0.1) is 40.9 Å². The van der Waals surface area contributed by atoms with E-state index in [0.717, 1.165) is 75.2 Å². The topological polar surface area (TPSA) is 108 Å². The summed E-state index contributed by atoms with van der Waals surface area (Å²) in [6.07, 6.45) is 24.6. The third-order valence-electron chi connectivity index (χ3n) is 10.7. The van der Waals surface area contributed by atoms with E-state index in [2.05, 4.69) is 84.6 Å². The van der Waals surface area contributed by atoms with Gasteiger partial charge in [-0.1, -0.05) is 107 Å². The van der Waals surface area contributed by atoms with Crippen molar-refractivity contribution in [2.24, 2.45) is 0 Å². The minimum absolute atomic E-state index is 0.0549. The highest BCUT2D eigenvalue weighted by molar-refractivity contribution is 6.78. The molecule has 0 unspecified atom stereocenters. The minimum Gasteiger partial charge on any atom is -0.508 e. The summed E-state index contributed by atoms with van der Waals surface area (Å²) in [7, 11) is -5.27. The molecule has 0 saturated carbocycles. The maximum atomic E-state index is 12.7. The van der Waals surface area contributed by atoms with Crippen molar-refractivity contribution >= 4 is 41.9 Å². The van der Waals surface area contributed by atoms with E-state index in [-0.39, 0.29) is 28.9 Å². The zero-order chi connectivity index (χ0) is 38.5. The number of phenols is 1. The number of carbonyl (C=O) groups is 3. The molecule has 4 rings (SSSR count). The molecule has 10 heteroatoms. The highest BCUT2D eigenvalue weighted by Gasteiger charge is 2.35. The number of hydrogen-bond donors (Lipinski definition) is 4. The van der Waals surface area contributed by atoms with E-state index < -0.39 is 24.2 Å². The average Bonchev–Trinajstić information content (AvgIpc) is 3.93. The van der Waals surface area contributed by atoms with Crippen molar-refractivity contribution < 1.29 is 19.5 Å². The molecule has 7 nitrogen and oxygen atoms in total. The van der Waals surface area contributed by atoms with E-state index in [1.54, 1.807) is 36.5 Å². The Labute approximate surface area is 320 Å². The second-order valence-electron chi connectivity index (χ2n) is 17.2. The van der Waals surface area contributed by atoms with Crippen LogP contribution in [0.5, 0.6) is 5.75 Å². The third kappa shape index (κ3) is 13.3. The van der Waals surface area contributed by atoms with Gasteiger partial charge in [-0.25, -0.2) is 0 Å². The molecular formula is C43H59N3O4Si3. The van der Waals surface area contributed by atoms with Crippen molar-refractivity contribution in [1.82, 2.24) is 16.0 Å². The summed E-state index contributed by atoms with van der Waals surface area (Å²) in [6.45, 7) is 14.1. The fourth-order valence-electron chi connectivity index (χ4n) is 7.26. The Bertz CT molecular complexity index is 1640. The van der Waals surface area contributed by atoms with Gasteiger partial charge in [-0.05, 0) is 78.8 Å². The van der Waals surface area contributed by atoms with Gasteiger partial charge < -0.3 is 21.1 Å². The number of nitrogens with one attached hydrogen (secondary N) is 3. The molecule has 0 atom stereocenters. The highest BCUT2D eigenvalue weighted by atomic mass is 28.3. The predicted octanol–water partition coefficient (Wildman–Crippen LogP) is 8.02. The van der Waals surface area contributed by atoms with Crippen molar-refractivity contribution in [3.8, 4) is 5.75 Å². The molecule has 0 spiro atoms. The number of aromatic hydroxyl groups is 1. The zero-order valence-corrected chi connectivity index (χ0v) is 35.7. The Kier molecular flexibility index (Phi) is 14.7. The smallest absolute Gasteiger partial charge is 0.258 e. The van der Waals surface area contributed by atoms with Crippen LogP contribution in [0.1, 0.15) is 44.1 Å². The number of carbonyl (C=O) groups excluding carboxylic acids is 3. The quantitative estimate of drug-likeness (QED) is 0.0709. The van der Waals surface area contributed by atoms with Crippen molar-refractivity contribution in [3.05, 3.63) is 118 Å². The molecule has 0 aliphatic heterocycles. The second kappa shape index (κ2) is 18.8. The van der Waals surface area contributed by atoms with Gasteiger partial charge >= 0.3 is 0 Å². The molecule has 0 saturated heterocycles. The molecule has 3 aliphatic carbocycles. The van der Waals surface area contributed by atoms with E-state index in [0.29, 0.717) is 16.7 Å². The molecule has 3 amide bonds. The second-order valence-corrected chi connectivity index (χ2v) is 32.7. The van der Waals surface area contributed by atoms with E-state index in [1.807, 2.05) is 30.4 Å². The largest absolute Gasteiger partial charge is 0.508 e. The van der Waals surface area contributed by atoms with Crippen LogP contribution in [-0.2, 0) is 19.8 Å². The normalized spacial score (nSPS) is 14.8. The van der Waals surface area contributed by atoms with Gasteiger partial charge in [0.1, 0.15) is 5.75 Å². The molecule has 0 fully saturated rings. The van der Waals surface area contributed by atoms with Gasteiger partial charge in [-0.15, -0.1) is 17.2 Å². The Morgan fingerprint density at radius 1 is 0.566 bits per heavy atom.